The van der Waals surface area contributed by atoms with E-state index in [0.717, 1.165) is 6.42 Å². The highest BCUT2D eigenvalue weighted by atomic mass is 32.2. The maximum absolute atomic E-state index is 2.22. The fraction of sp³-hybridized carbons (Fsp3) is 0.0769. The van der Waals surface area contributed by atoms with Crippen LogP contribution in [0.3, 0.4) is 0 Å². The summed E-state index contributed by atoms with van der Waals surface area (Å²) in [6.07, 6.45) is 1.08. The van der Waals surface area contributed by atoms with Crippen molar-refractivity contribution in [3.63, 3.8) is 0 Å². The lowest BCUT2D eigenvalue weighted by molar-refractivity contribution is 1.06. The number of benzene rings is 2. The Labute approximate surface area is 101 Å². The highest BCUT2D eigenvalue weighted by molar-refractivity contribution is 7.99. The molecule has 0 atom stereocenters. The van der Waals surface area contributed by atoms with Crippen LogP contribution >= 0.6 is 25.3 Å². The SMILES string of the molecule is S.c1ccc2c(c1)Cc1ccccc1S2. The molecule has 0 amide bonds. The Hall–Kier alpha value is -0.860. The lowest BCUT2D eigenvalue weighted by Gasteiger charge is -2.17. The van der Waals surface area contributed by atoms with Gasteiger partial charge in [-0.1, -0.05) is 48.2 Å². The summed E-state index contributed by atoms with van der Waals surface area (Å²) in [6.45, 7) is 0. The third kappa shape index (κ3) is 1.92. The summed E-state index contributed by atoms with van der Waals surface area (Å²) < 4.78 is 0. The molecule has 2 aromatic carbocycles. The van der Waals surface area contributed by atoms with Gasteiger partial charge in [-0.3, -0.25) is 0 Å². The van der Waals surface area contributed by atoms with Gasteiger partial charge in [-0.25, -0.2) is 0 Å². The zero-order chi connectivity index (χ0) is 9.38. The summed E-state index contributed by atoms with van der Waals surface area (Å²) >= 11 is 1.88. The quantitative estimate of drug-likeness (QED) is 0.567. The Morgan fingerprint density at radius 3 is 1.73 bits per heavy atom. The topological polar surface area (TPSA) is 0 Å². The summed E-state index contributed by atoms with van der Waals surface area (Å²) in [5.74, 6) is 0. The normalized spacial score (nSPS) is 12.3. The molecule has 0 saturated carbocycles. The van der Waals surface area contributed by atoms with Gasteiger partial charge in [0, 0.05) is 9.79 Å². The Morgan fingerprint density at radius 1 is 0.733 bits per heavy atom. The van der Waals surface area contributed by atoms with Crippen LogP contribution in [-0.4, -0.2) is 0 Å². The Kier molecular flexibility index (Phi) is 3.08. The van der Waals surface area contributed by atoms with Crippen LogP contribution in [0.25, 0.3) is 0 Å². The predicted octanol–water partition coefficient (Wildman–Crippen LogP) is 3.85. The zero-order valence-corrected chi connectivity index (χ0v) is 10.1. The van der Waals surface area contributed by atoms with Crippen LogP contribution in [0.5, 0.6) is 0 Å². The van der Waals surface area contributed by atoms with E-state index in [-0.39, 0.29) is 13.5 Å². The molecule has 0 aliphatic carbocycles. The minimum absolute atomic E-state index is 0. The summed E-state index contributed by atoms with van der Waals surface area (Å²) in [6, 6.07) is 17.3. The van der Waals surface area contributed by atoms with E-state index in [1.807, 2.05) is 11.8 Å². The molecule has 1 heterocycles. The molecule has 0 aromatic heterocycles. The first kappa shape index (κ1) is 10.7. The molecular weight excluding hydrogens is 220 g/mol. The highest BCUT2D eigenvalue weighted by Gasteiger charge is 2.13. The molecule has 0 nitrogen and oxygen atoms in total. The van der Waals surface area contributed by atoms with Crippen molar-refractivity contribution in [1.82, 2.24) is 0 Å². The van der Waals surface area contributed by atoms with Crippen LogP contribution in [0.15, 0.2) is 58.3 Å². The maximum Gasteiger partial charge on any atom is 0.0157 e. The van der Waals surface area contributed by atoms with Crippen molar-refractivity contribution >= 4 is 25.3 Å². The van der Waals surface area contributed by atoms with Crippen LogP contribution < -0.4 is 0 Å². The van der Waals surface area contributed by atoms with E-state index in [0.29, 0.717) is 0 Å². The van der Waals surface area contributed by atoms with Crippen LogP contribution in [0.1, 0.15) is 11.1 Å². The summed E-state index contributed by atoms with van der Waals surface area (Å²) in [7, 11) is 0. The smallest absolute Gasteiger partial charge is 0.0157 e. The van der Waals surface area contributed by atoms with Crippen molar-refractivity contribution in [1.29, 1.82) is 0 Å². The van der Waals surface area contributed by atoms with Crippen molar-refractivity contribution in [2.75, 3.05) is 0 Å². The third-order valence-electron chi connectivity index (χ3n) is 2.55. The first-order chi connectivity index (χ1) is 6.93. The summed E-state index contributed by atoms with van der Waals surface area (Å²) in [5, 5.41) is 0. The molecule has 3 rings (SSSR count). The molecule has 2 aromatic rings. The minimum atomic E-state index is 0. The largest absolute Gasteiger partial charge is 0.197 e. The van der Waals surface area contributed by atoms with Crippen LogP contribution in [0.4, 0.5) is 0 Å². The summed E-state index contributed by atoms with van der Waals surface area (Å²) in [5.41, 5.74) is 2.91. The fourth-order valence-electron chi connectivity index (χ4n) is 1.82. The molecule has 2 heteroatoms. The Balaban J connectivity index is 0.000000853. The van der Waals surface area contributed by atoms with Gasteiger partial charge in [0.1, 0.15) is 0 Å². The standard InChI is InChI=1S/C13H10S.H2S/c1-3-7-12-10(5-1)9-11-6-2-4-8-13(11)14-12;/h1-8H,9H2;1H2. The van der Waals surface area contributed by atoms with Gasteiger partial charge < -0.3 is 0 Å². The van der Waals surface area contributed by atoms with E-state index in [9.17, 15) is 0 Å². The summed E-state index contributed by atoms with van der Waals surface area (Å²) in [4.78, 5) is 2.82. The predicted molar refractivity (Wildman–Crippen MR) is 70.2 cm³/mol. The van der Waals surface area contributed by atoms with Gasteiger partial charge in [0.05, 0.1) is 0 Å². The number of hydrogen-bond acceptors (Lipinski definition) is 1. The maximum atomic E-state index is 2.22. The van der Waals surface area contributed by atoms with Crippen molar-refractivity contribution in [3.8, 4) is 0 Å². The van der Waals surface area contributed by atoms with E-state index in [4.69, 9.17) is 0 Å². The van der Waals surface area contributed by atoms with E-state index in [1.165, 1.54) is 20.9 Å². The minimum Gasteiger partial charge on any atom is -0.197 e. The molecule has 1 aliphatic rings. The van der Waals surface area contributed by atoms with Gasteiger partial charge in [-0.2, -0.15) is 13.5 Å². The Bertz CT molecular complexity index is 390. The highest BCUT2D eigenvalue weighted by Crippen LogP contribution is 2.38. The van der Waals surface area contributed by atoms with Gasteiger partial charge >= 0.3 is 0 Å². The molecule has 15 heavy (non-hydrogen) atoms. The number of rotatable bonds is 0. The number of hydrogen-bond donors (Lipinski definition) is 0. The molecule has 0 bridgehead atoms. The second-order valence-electron chi connectivity index (χ2n) is 3.49. The molecule has 0 radical (unpaired) electrons. The molecule has 0 spiro atoms. The van der Waals surface area contributed by atoms with Gasteiger partial charge in [0.2, 0.25) is 0 Å². The molecule has 1 aliphatic heterocycles. The molecular formula is C13H12S2. The third-order valence-corrected chi connectivity index (χ3v) is 3.78. The lowest BCUT2D eigenvalue weighted by Crippen LogP contribution is -1.98. The van der Waals surface area contributed by atoms with Crippen molar-refractivity contribution in [2.45, 2.75) is 16.2 Å². The first-order valence-corrected chi connectivity index (χ1v) is 5.59. The van der Waals surface area contributed by atoms with Crippen molar-refractivity contribution < 1.29 is 0 Å². The van der Waals surface area contributed by atoms with E-state index >= 15 is 0 Å². The molecule has 0 N–H and O–H groups in total. The average molecular weight is 232 g/mol. The van der Waals surface area contributed by atoms with Crippen LogP contribution in [0, 0.1) is 0 Å². The average Bonchev–Trinajstić information content (AvgIpc) is 2.26. The van der Waals surface area contributed by atoms with Gasteiger partial charge in [-0.05, 0) is 29.7 Å². The zero-order valence-electron chi connectivity index (χ0n) is 8.23. The molecule has 0 unspecified atom stereocenters. The molecule has 0 fully saturated rings. The van der Waals surface area contributed by atoms with E-state index in [2.05, 4.69) is 48.5 Å². The fourth-order valence-corrected chi connectivity index (χ4v) is 2.90. The van der Waals surface area contributed by atoms with Gasteiger partial charge in [-0.15, -0.1) is 0 Å². The van der Waals surface area contributed by atoms with Crippen molar-refractivity contribution in [3.05, 3.63) is 59.7 Å². The lowest BCUT2D eigenvalue weighted by atomic mass is 10.0. The van der Waals surface area contributed by atoms with Gasteiger partial charge in [0.15, 0.2) is 0 Å². The second kappa shape index (κ2) is 4.33. The molecule has 0 saturated heterocycles. The van der Waals surface area contributed by atoms with E-state index in [1.54, 1.807) is 0 Å². The second-order valence-corrected chi connectivity index (χ2v) is 4.58. The van der Waals surface area contributed by atoms with Crippen LogP contribution in [-0.2, 0) is 6.42 Å². The van der Waals surface area contributed by atoms with Crippen molar-refractivity contribution in [2.24, 2.45) is 0 Å². The first-order valence-electron chi connectivity index (χ1n) is 4.77. The van der Waals surface area contributed by atoms with Gasteiger partial charge in [0.25, 0.3) is 0 Å². The number of fused-ring (bicyclic) bond motifs is 2. The monoisotopic (exact) mass is 232 g/mol. The molecule has 76 valence electrons. The van der Waals surface area contributed by atoms with Crippen LogP contribution in [0.2, 0.25) is 0 Å². The Morgan fingerprint density at radius 2 is 1.20 bits per heavy atom. The van der Waals surface area contributed by atoms with E-state index < -0.39 is 0 Å².